The molecule has 6 heteroatoms. The lowest BCUT2D eigenvalue weighted by molar-refractivity contribution is -0.384. The van der Waals surface area contributed by atoms with E-state index in [1.807, 2.05) is 0 Å². The van der Waals surface area contributed by atoms with Gasteiger partial charge in [0.15, 0.2) is 0 Å². The molecule has 0 amide bonds. The zero-order valence-electron chi connectivity index (χ0n) is 11.5. The van der Waals surface area contributed by atoms with E-state index in [9.17, 15) is 14.5 Å². The van der Waals surface area contributed by atoms with Crippen LogP contribution in [0.1, 0.15) is 11.1 Å². The number of methoxy groups -OCH3 is 1. The van der Waals surface area contributed by atoms with E-state index in [2.05, 4.69) is 5.32 Å². The third kappa shape index (κ3) is 3.76. The van der Waals surface area contributed by atoms with Gasteiger partial charge in [-0.25, -0.2) is 4.39 Å². The van der Waals surface area contributed by atoms with Gasteiger partial charge in [-0.1, -0.05) is 18.2 Å². The first-order chi connectivity index (χ1) is 10.1. The highest BCUT2D eigenvalue weighted by Gasteiger charge is 2.11. The maximum atomic E-state index is 13.5. The molecule has 5 nitrogen and oxygen atoms in total. The number of nitrogens with zero attached hydrogens (tertiary/aromatic N) is 1. The smallest absolute Gasteiger partial charge is 0.270 e. The van der Waals surface area contributed by atoms with Crippen molar-refractivity contribution in [2.24, 2.45) is 0 Å². The number of nitro benzene ring substituents is 1. The Bertz CT molecular complexity index is 647. The summed E-state index contributed by atoms with van der Waals surface area (Å²) in [7, 11) is 1.50. The summed E-state index contributed by atoms with van der Waals surface area (Å²) in [5.41, 5.74) is 1.20. The van der Waals surface area contributed by atoms with Crippen LogP contribution in [0.2, 0.25) is 0 Å². The van der Waals surface area contributed by atoms with Crippen molar-refractivity contribution in [1.82, 2.24) is 5.32 Å². The van der Waals surface area contributed by atoms with Gasteiger partial charge < -0.3 is 10.1 Å². The van der Waals surface area contributed by atoms with Crippen LogP contribution in [-0.2, 0) is 13.1 Å². The van der Waals surface area contributed by atoms with Crippen molar-refractivity contribution in [2.45, 2.75) is 13.1 Å². The minimum atomic E-state index is -0.459. The van der Waals surface area contributed by atoms with Crippen LogP contribution in [0.15, 0.2) is 42.5 Å². The summed E-state index contributed by atoms with van der Waals surface area (Å²) >= 11 is 0. The SMILES string of the molecule is COc1ccc([N+](=O)[O-])cc1CNCc1ccccc1F. The number of hydrogen-bond donors (Lipinski definition) is 1. The molecule has 0 aliphatic rings. The second kappa shape index (κ2) is 6.81. The molecule has 0 heterocycles. The van der Waals surface area contributed by atoms with E-state index >= 15 is 0 Å². The highest BCUT2D eigenvalue weighted by Crippen LogP contribution is 2.23. The molecule has 110 valence electrons. The first kappa shape index (κ1) is 14.9. The average molecular weight is 290 g/mol. The number of benzene rings is 2. The third-order valence-corrected chi connectivity index (χ3v) is 3.06. The van der Waals surface area contributed by atoms with Crippen LogP contribution < -0.4 is 10.1 Å². The highest BCUT2D eigenvalue weighted by atomic mass is 19.1. The van der Waals surface area contributed by atoms with Gasteiger partial charge in [-0.2, -0.15) is 0 Å². The molecule has 1 N–H and O–H groups in total. The van der Waals surface area contributed by atoms with Crippen LogP contribution in [0.5, 0.6) is 5.75 Å². The van der Waals surface area contributed by atoms with Gasteiger partial charge in [0, 0.05) is 36.3 Å². The third-order valence-electron chi connectivity index (χ3n) is 3.06. The summed E-state index contributed by atoms with van der Waals surface area (Å²) in [6.07, 6.45) is 0. The van der Waals surface area contributed by atoms with Gasteiger partial charge >= 0.3 is 0 Å². The minimum absolute atomic E-state index is 0.00140. The summed E-state index contributed by atoms with van der Waals surface area (Å²) in [6.45, 7) is 0.678. The normalized spacial score (nSPS) is 10.4. The van der Waals surface area contributed by atoms with Crippen molar-refractivity contribution in [3.63, 3.8) is 0 Å². The Morgan fingerprint density at radius 2 is 1.90 bits per heavy atom. The van der Waals surface area contributed by atoms with Crippen LogP contribution in [0.25, 0.3) is 0 Å². The van der Waals surface area contributed by atoms with Gasteiger partial charge in [-0.3, -0.25) is 10.1 Å². The predicted octanol–water partition coefficient (Wildman–Crippen LogP) is 3.03. The largest absolute Gasteiger partial charge is 0.496 e. The minimum Gasteiger partial charge on any atom is -0.496 e. The van der Waals surface area contributed by atoms with E-state index in [-0.39, 0.29) is 11.5 Å². The first-order valence-corrected chi connectivity index (χ1v) is 6.37. The molecule has 0 aliphatic carbocycles. The molecular formula is C15H15FN2O3. The summed E-state index contributed by atoms with van der Waals surface area (Å²) in [5.74, 6) is 0.276. The van der Waals surface area contributed by atoms with E-state index < -0.39 is 4.92 Å². The number of hydrogen-bond acceptors (Lipinski definition) is 4. The topological polar surface area (TPSA) is 64.4 Å². The first-order valence-electron chi connectivity index (χ1n) is 6.37. The fraction of sp³-hybridized carbons (Fsp3) is 0.200. The predicted molar refractivity (Wildman–Crippen MR) is 76.6 cm³/mol. The van der Waals surface area contributed by atoms with Gasteiger partial charge in [0.1, 0.15) is 11.6 Å². The van der Waals surface area contributed by atoms with E-state index in [1.165, 1.54) is 25.3 Å². The van der Waals surface area contributed by atoms with Gasteiger partial charge in [0.05, 0.1) is 12.0 Å². The standard InChI is InChI=1S/C15H15FN2O3/c1-21-15-7-6-13(18(19)20)8-12(15)10-17-9-11-4-2-3-5-14(11)16/h2-8,17H,9-10H2,1H3. The molecular weight excluding hydrogens is 275 g/mol. The Morgan fingerprint density at radius 1 is 1.19 bits per heavy atom. The maximum Gasteiger partial charge on any atom is 0.270 e. The van der Waals surface area contributed by atoms with Gasteiger partial charge in [0.25, 0.3) is 5.69 Å². The van der Waals surface area contributed by atoms with Crippen LogP contribution in [0.3, 0.4) is 0 Å². The fourth-order valence-corrected chi connectivity index (χ4v) is 1.99. The van der Waals surface area contributed by atoms with Crippen molar-refractivity contribution in [2.75, 3.05) is 7.11 Å². The second-order valence-electron chi connectivity index (χ2n) is 4.45. The van der Waals surface area contributed by atoms with E-state index in [0.717, 1.165) is 0 Å². The Labute approximate surface area is 121 Å². The molecule has 0 spiro atoms. The molecule has 0 bridgehead atoms. The quantitative estimate of drug-likeness (QED) is 0.656. The molecule has 21 heavy (non-hydrogen) atoms. The molecule has 2 rings (SSSR count). The number of ether oxygens (including phenoxy) is 1. The van der Waals surface area contributed by atoms with Crippen molar-refractivity contribution >= 4 is 5.69 Å². The zero-order valence-corrected chi connectivity index (χ0v) is 11.5. The summed E-state index contributed by atoms with van der Waals surface area (Å²) in [5, 5.41) is 13.8. The molecule has 0 fully saturated rings. The fourth-order valence-electron chi connectivity index (χ4n) is 1.99. The molecule has 0 saturated carbocycles. The van der Waals surface area contributed by atoms with Crippen LogP contribution in [-0.4, -0.2) is 12.0 Å². The maximum absolute atomic E-state index is 13.5. The van der Waals surface area contributed by atoms with Crippen molar-refractivity contribution < 1.29 is 14.1 Å². The summed E-state index contributed by atoms with van der Waals surface area (Å²) in [4.78, 5) is 10.3. The molecule has 0 aliphatic heterocycles. The zero-order chi connectivity index (χ0) is 15.2. The molecule has 0 atom stereocenters. The highest BCUT2D eigenvalue weighted by molar-refractivity contribution is 5.43. The molecule has 2 aromatic carbocycles. The molecule has 0 saturated heterocycles. The molecule has 0 radical (unpaired) electrons. The van der Waals surface area contributed by atoms with Crippen molar-refractivity contribution in [3.8, 4) is 5.75 Å². The lowest BCUT2D eigenvalue weighted by Gasteiger charge is -2.10. The average Bonchev–Trinajstić information content (AvgIpc) is 2.49. The molecule has 0 aromatic heterocycles. The molecule has 0 unspecified atom stereocenters. The molecule has 2 aromatic rings. The number of rotatable bonds is 6. The lowest BCUT2D eigenvalue weighted by Crippen LogP contribution is -2.14. The monoisotopic (exact) mass is 290 g/mol. The Kier molecular flexibility index (Phi) is 4.84. The number of nitro groups is 1. The number of non-ortho nitro benzene ring substituents is 1. The number of nitrogens with one attached hydrogen (secondary N) is 1. The van der Waals surface area contributed by atoms with E-state index in [0.29, 0.717) is 30.0 Å². The number of halogens is 1. The summed E-state index contributed by atoms with van der Waals surface area (Å²) in [6, 6.07) is 10.9. The van der Waals surface area contributed by atoms with Gasteiger partial charge in [0.2, 0.25) is 0 Å². The Hall–Kier alpha value is -2.47. The van der Waals surface area contributed by atoms with Crippen molar-refractivity contribution in [1.29, 1.82) is 0 Å². The lowest BCUT2D eigenvalue weighted by atomic mass is 10.1. The Morgan fingerprint density at radius 3 is 2.57 bits per heavy atom. The van der Waals surface area contributed by atoms with E-state index in [1.54, 1.807) is 24.3 Å². The van der Waals surface area contributed by atoms with Crippen LogP contribution >= 0.6 is 0 Å². The van der Waals surface area contributed by atoms with Gasteiger partial charge in [-0.05, 0) is 12.1 Å². The van der Waals surface area contributed by atoms with Crippen LogP contribution in [0.4, 0.5) is 10.1 Å². The van der Waals surface area contributed by atoms with Crippen molar-refractivity contribution in [3.05, 3.63) is 69.5 Å². The van der Waals surface area contributed by atoms with Gasteiger partial charge in [-0.15, -0.1) is 0 Å². The summed E-state index contributed by atoms with van der Waals surface area (Å²) < 4.78 is 18.6. The second-order valence-corrected chi connectivity index (χ2v) is 4.45. The van der Waals surface area contributed by atoms with E-state index in [4.69, 9.17) is 4.74 Å². The van der Waals surface area contributed by atoms with Crippen LogP contribution in [0, 0.1) is 15.9 Å². The Balaban J connectivity index is 2.07.